The monoisotopic (exact) mass is 535 g/mol. The molecule has 3 heterocycles. The Morgan fingerprint density at radius 3 is 2.41 bits per heavy atom. The summed E-state index contributed by atoms with van der Waals surface area (Å²) in [6, 6.07) is 5.69. The van der Waals surface area contributed by atoms with E-state index in [4.69, 9.17) is 18.7 Å². The molecule has 1 aliphatic carbocycles. The van der Waals surface area contributed by atoms with Gasteiger partial charge in [0.15, 0.2) is 11.6 Å². The smallest absolute Gasteiger partial charge is 0.316 e. The molecule has 0 radical (unpaired) electrons. The highest BCUT2D eigenvalue weighted by Gasteiger charge is 2.32. The van der Waals surface area contributed by atoms with Crippen molar-refractivity contribution in [3.8, 4) is 5.88 Å². The Bertz CT molecular complexity index is 936. The van der Waals surface area contributed by atoms with Gasteiger partial charge in [-0.25, -0.2) is 4.98 Å². The molecule has 9 heteroatoms. The molecule has 4 rings (SSSR count). The third-order valence-corrected chi connectivity index (χ3v) is 7.19. The fraction of sp³-hybridized carbons (Fsp3) is 0.640. The molecule has 1 aliphatic heterocycles. The summed E-state index contributed by atoms with van der Waals surface area (Å²) in [5.74, 6) is 1.35. The Morgan fingerprint density at radius 1 is 1.09 bits per heavy atom. The third kappa shape index (κ3) is 6.30. The number of carbonyl (C=O) groups excluding carboxylic acids is 1. The summed E-state index contributed by atoms with van der Waals surface area (Å²) in [4.78, 5) is 18.6. The first-order valence-electron chi connectivity index (χ1n) is 12.2. The topological polar surface area (TPSA) is 86.9 Å². The van der Waals surface area contributed by atoms with Crippen LogP contribution in [0.15, 0.2) is 33.4 Å². The number of esters is 1. The summed E-state index contributed by atoms with van der Waals surface area (Å²) in [7, 11) is 1.40. The van der Waals surface area contributed by atoms with Crippen LogP contribution in [0.2, 0.25) is 0 Å². The lowest BCUT2D eigenvalue weighted by atomic mass is 9.93. The van der Waals surface area contributed by atoms with Crippen LogP contribution in [0, 0.1) is 5.92 Å². The molecular weight excluding hydrogens is 502 g/mol. The minimum absolute atomic E-state index is 0.0682. The minimum atomic E-state index is -0.439. The molecule has 0 aromatic carbocycles. The summed E-state index contributed by atoms with van der Waals surface area (Å²) in [6.07, 6.45) is 8.38. The SMILES string of the molecule is COC(=O)C(c1cc(N2CCC(O[C@H]3CC[C@@H](Oc4cc(Br)ccn4)CC3)CC2)no1)C(C)C. The predicted octanol–water partition coefficient (Wildman–Crippen LogP) is 5.12. The van der Waals surface area contributed by atoms with Gasteiger partial charge < -0.3 is 23.6 Å². The van der Waals surface area contributed by atoms with Gasteiger partial charge in [-0.1, -0.05) is 34.9 Å². The highest BCUT2D eigenvalue weighted by atomic mass is 79.9. The Balaban J connectivity index is 1.21. The maximum absolute atomic E-state index is 12.1. The second-order valence-corrected chi connectivity index (χ2v) is 10.4. The van der Waals surface area contributed by atoms with E-state index in [-0.39, 0.29) is 30.2 Å². The van der Waals surface area contributed by atoms with Crippen molar-refractivity contribution in [1.82, 2.24) is 10.1 Å². The number of pyridine rings is 1. The highest BCUT2D eigenvalue weighted by molar-refractivity contribution is 9.10. The van der Waals surface area contributed by atoms with Gasteiger partial charge in [0.25, 0.3) is 0 Å². The Morgan fingerprint density at radius 2 is 1.76 bits per heavy atom. The van der Waals surface area contributed by atoms with E-state index in [1.54, 1.807) is 6.20 Å². The molecule has 8 nitrogen and oxygen atoms in total. The van der Waals surface area contributed by atoms with E-state index in [1.165, 1.54) is 7.11 Å². The molecule has 1 saturated heterocycles. The van der Waals surface area contributed by atoms with Gasteiger partial charge in [0.1, 0.15) is 12.0 Å². The standard InChI is InChI=1S/C25H34BrN3O5/c1-16(2)24(25(30)31-3)21-15-22(28-34-21)29-12-9-20(10-13-29)32-18-4-6-19(7-5-18)33-23-14-17(26)8-11-27-23/h8,11,14-16,18-20,24H,4-7,9-10,12-13H2,1-3H3/t18-,19+,24?. The Kier molecular flexibility index (Phi) is 8.47. The van der Waals surface area contributed by atoms with Crippen LogP contribution in [0.3, 0.4) is 0 Å². The van der Waals surface area contributed by atoms with Gasteiger partial charge in [-0.3, -0.25) is 4.79 Å². The molecule has 1 unspecified atom stereocenters. The van der Waals surface area contributed by atoms with Crippen LogP contribution in [-0.4, -0.2) is 54.6 Å². The van der Waals surface area contributed by atoms with Crippen molar-refractivity contribution < 1.29 is 23.5 Å². The predicted molar refractivity (Wildman–Crippen MR) is 131 cm³/mol. The van der Waals surface area contributed by atoms with Crippen molar-refractivity contribution in [3.05, 3.63) is 34.6 Å². The zero-order chi connectivity index (χ0) is 24.1. The van der Waals surface area contributed by atoms with Gasteiger partial charge >= 0.3 is 5.97 Å². The first-order chi connectivity index (χ1) is 16.4. The van der Waals surface area contributed by atoms with E-state index >= 15 is 0 Å². The third-order valence-electron chi connectivity index (χ3n) is 6.70. The molecular formula is C25H34BrN3O5. The molecule has 34 heavy (non-hydrogen) atoms. The Labute approximate surface area is 209 Å². The maximum Gasteiger partial charge on any atom is 0.316 e. The van der Waals surface area contributed by atoms with Gasteiger partial charge in [-0.15, -0.1) is 0 Å². The number of hydrogen-bond donors (Lipinski definition) is 0. The average molecular weight is 536 g/mol. The number of nitrogens with zero attached hydrogens (tertiary/aromatic N) is 3. The fourth-order valence-electron chi connectivity index (χ4n) is 4.82. The number of carbonyl (C=O) groups is 1. The largest absolute Gasteiger partial charge is 0.474 e. The molecule has 2 aliphatic rings. The molecule has 0 bridgehead atoms. The van der Waals surface area contributed by atoms with E-state index in [2.05, 4.69) is 31.0 Å². The molecule has 1 saturated carbocycles. The number of ether oxygens (including phenoxy) is 3. The van der Waals surface area contributed by atoms with Crippen molar-refractivity contribution in [1.29, 1.82) is 0 Å². The molecule has 2 fully saturated rings. The van der Waals surface area contributed by atoms with Crippen LogP contribution < -0.4 is 9.64 Å². The quantitative estimate of drug-likeness (QED) is 0.430. The molecule has 0 N–H and O–H groups in total. The van der Waals surface area contributed by atoms with Crippen LogP contribution in [0.5, 0.6) is 5.88 Å². The molecule has 0 amide bonds. The van der Waals surface area contributed by atoms with Crippen molar-refractivity contribution in [3.63, 3.8) is 0 Å². The van der Waals surface area contributed by atoms with Crippen LogP contribution in [0.25, 0.3) is 0 Å². The average Bonchev–Trinajstić information content (AvgIpc) is 3.30. The van der Waals surface area contributed by atoms with Crippen molar-refractivity contribution in [2.75, 3.05) is 25.1 Å². The summed E-state index contributed by atoms with van der Waals surface area (Å²) in [6.45, 7) is 5.66. The number of piperidine rings is 1. The number of aromatic nitrogens is 2. The van der Waals surface area contributed by atoms with Crippen LogP contribution >= 0.6 is 15.9 Å². The molecule has 0 spiro atoms. The van der Waals surface area contributed by atoms with Crippen molar-refractivity contribution in [2.45, 2.75) is 76.6 Å². The van der Waals surface area contributed by atoms with Crippen molar-refractivity contribution in [2.24, 2.45) is 5.92 Å². The molecule has 186 valence electrons. The van der Waals surface area contributed by atoms with Gasteiger partial charge in [-0.2, -0.15) is 0 Å². The van der Waals surface area contributed by atoms with Crippen LogP contribution in [-0.2, 0) is 14.3 Å². The zero-order valence-electron chi connectivity index (χ0n) is 20.1. The van der Waals surface area contributed by atoms with Gasteiger partial charge in [0.05, 0.1) is 19.3 Å². The van der Waals surface area contributed by atoms with Crippen LogP contribution in [0.4, 0.5) is 5.82 Å². The lowest BCUT2D eigenvalue weighted by Gasteiger charge is -2.36. The second-order valence-electron chi connectivity index (χ2n) is 9.48. The Hall–Kier alpha value is -2.13. The zero-order valence-corrected chi connectivity index (χ0v) is 21.7. The number of hydrogen-bond acceptors (Lipinski definition) is 8. The number of rotatable bonds is 8. The van der Waals surface area contributed by atoms with E-state index in [0.29, 0.717) is 11.6 Å². The highest BCUT2D eigenvalue weighted by Crippen LogP contribution is 2.31. The molecule has 2 aromatic heterocycles. The summed E-state index contributed by atoms with van der Waals surface area (Å²) in [5, 5.41) is 4.23. The minimum Gasteiger partial charge on any atom is -0.474 e. The van der Waals surface area contributed by atoms with E-state index in [1.807, 2.05) is 32.0 Å². The fourth-order valence-corrected chi connectivity index (χ4v) is 5.13. The van der Waals surface area contributed by atoms with Gasteiger partial charge in [0, 0.05) is 35.9 Å². The summed E-state index contributed by atoms with van der Waals surface area (Å²) < 4.78 is 23.9. The lowest BCUT2D eigenvalue weighted by Crippen LogP contribution is -2.39. The lowest BCUT2D eigenvalue weighted by molar-refractivity contribution is -0.144. The van der Waals surface area contributed by atoms with E-state index in [9.17, 15) is 4.79 Å². The number of anilines is 1. The second kappa shape index (κ2) is 11.5. The summed E-state index contributed by atoms with van der Waals surface area (Å²) in [5.41, 5.74) is 0. The maximum atomic E-state index is 12.1. The number of halogens is 1. The number of methoxy groups -OCH3 is 1. The van der Waals surface area contributed by atoms with E-state index < -0.39 is 5.92 Å². The first kappa shape index (κ1) is 25.0. The molecule has 1 atom stereocenters. The normalized spacial score (nSPS) is 22.6. The van der Waals surface area contributed by atoms with Crippen molar-refractivity contribution >= 4 is 27.7 Å². The summed E-state index contributed by atoms with van der Waals surface area (Å²) >= 11 is 3.46. The van der Waals surface area contributed by atoms with Crippen LogP contribution in [0.1, 0.15) is 64.1 Å². The van der Waals surface area contributed by atoms with Gasteiger partial charge in [-0.05, 0) is 50.5 Å². The van der Waals surface area contributed by atoms with E-state index in [0.717, 1.165) is 61.9 Å². The molecule has 2 aromatic rings. The first-order valence-corrected chi connectivity index (χ1v) is 12.9. The van der Waals surface area contributed by atoms with Gasteiger partial charge in [0.2, 0.25) is 5.88 Å².